The minimum Gasteiger partial charge on any atom is -0.508 e. The number of halogens is 2. The van der Waals surface area contributed by atoms with Crippen molar-refractivity contribution in [1.82, 2.24) is 0 Å². The second kappa shape index (κ2) is 5.29. The van der Waals surface area contributed by atoms with Crippen LogP contribution in [0.25, 0.3) is 0 Å². The van der Waals surface area contributed by atoms with Crippen molar-refractivity contribution in [3.05, 3.63) is 23.8 Å². The van der Waals surface area contributed by atoms with Gasteiger partial charge in [0.15, 0.2) is 0 Å². The van der Waals surface area contributed by atoms with Crippen LogP contribution in [0.15, 0.2) is 18.2 Å². The van der Waals surface area contributed by atoms with Gasteiger partial charge in [-0.1, -0.05) is 6.07 Å². The van der Waals surface area contributed by atoms with Gasteiger partial charge in [0.25, 0.3) is 0 Å². The van der Waals surface area contributed by atoms with Gasteiger partial charge in [0.2, 0.25) is 0 Å². The molecule has 0 spiro atoms. The molecule has 0 saturated heterocycles. The van der Waals surface area contributed by atoms with Gasteiger partial charge >= 0.3 is 6.61 Å². The molecule has 82 valence electrons. The third-order valence-corrected chi connectivity index (χ3v) is 1.84. The Balaban J connectivity index is 2.91. The maximum Gasteiger partial charge on any atom is 0.387 e. The highest BCUT2D eigenvalue weighted by molar-refractivity contribution is 5.52. The molecule has 1 aromatic carbocycles. The van der Waals surface area contributed by atoms with Crippen LogP contribution in [0, 0.1) is 0 Å². The number of alkyl halides is 2. The molecule has 15 heavy (non-hydrogen) atoms. The van der Waals surface area contributed by atoms with Crippen molar-refractivity contribution in [2.45, 2.75) is 19.5 Å². The maximum absolute atomic E-state index is 12.0. The number of phenols is 1. The summed E-state index contributed by atoms with van der Waals surface area (Å²) in [5.74, 6) is -0.234. The zero-order chi connectivity index (χ0) is 11.3. The van der Waals surface area contributed by atoms with Crippen molar-refractivity contribution in [3.63, 3.8) is 0 Å². The van der Waals surface area contributed by atoms with Gasteiger partial charge in [-0.25, -0.2) is 0 Å². The van der Waals surface area contributed by atoms with E-state index in [-0.39, 0.29) is 29.9 Å². The van der Waals surface area contributed by atoms with Gasteiger partial charge < -0.3 is 14.6 Å². The SMILES string of the molecule is O=CCCc1c(O)cccc1OC(F)F. The number of phenolic OH excluding ortho intramolecular Hbond substituents is 1. The molecule has 0 aromatic heterocycles. The Morgan fingerprint density at radius 1 is 1.47 bits per heavy atom. The van der Waals surface area contributed by atoms with Crippen LogP contribution >= 0.6 is 0 Å². The van der Waals surface area contributed by atoms with E-state index in [1.54, 1.807) is 0 Å². The Bertz CT molecular complexity index is 339. The lowest BCUT2D eigenvalue weighted by Crippen LogP contribution is -2.04. The fourth-order valence-electron chi connectivity index (χ4n) is 1.21. The predicted octanol–water partition coefficient (Wildman–Crippen LogP) is 2.13. The van der Waals surface area contributed by atoms with E-state index in [2.05, 4.69) is 4.74 Å². The summed E-state index contributed by atoms with van der Waals surface area (Å²) in [6.45, 7) is -2.94. The Kier molecular flexibility index (Phi) is 4.03. The third kappa shape index (κ3) is 3.19. The summed E-state index contributed by atoms with van der Waals surface area (Å²) in [5, 5.41) is 9.39. The molecule has 0 aliphatic carbocycles. The molecular formula is C10H10F2O3. The normalized spacial score (nSPS) is 10.3. The minimum absolute atomic E-state index is 0.0909. The molecule has 0 radical (unpaired) electrons. The van der Waals surface area contributed by atoms with Gasteiger partial charge in [-0.05, 0) is 18.6 Å². The number of rotatable bonds is 5. The Labute approximate surface area is 85.3 Å². The van der Waals surface area contributed by atoms with Gasteiger partial charge in [-0.15, -0.1) is 0 Å². The first-order valence-electron chi connectivity index (χ1n) is 4.34. The molecule has 3 nitrogen and oxygen atoms in total. The summed E-state index contributed by atoms with van der Waals surface area (Å²) < 4.78 is 28.2. The molecule has 5 heteroatoms. The molecule has 1 rings (SSSR count). The lowest BCUT2D eigenvalue weighted by Gasteiger charge is -2.10. The fraction of sp³-hybridized carbons (Fsp3) is 0.300. The largest absolute Gasteiger partial charge is 0.508 e. The molecule has 0 amide bonds. The number of hydrogen-bond donors (Lipinski definition) is 1. The molecule has 1 N–H and O–H groups in total. The van der Waals surface area contributed by atoms with Crippen molar-refractivity contribution in [3.8, 4) is 11.5 Å². The van der Waals surface area contributed by atoms with E-state index in [1.165, 1.54) is 18.2 Å². The molecule has 0 aliphatic rings. The number of benzene rings is 1. The van der Waals surface area contributed by atoms with Crippen LogP contribution in [0.2, 0.25) is 0 Å². The molecular weight excluding hydrogens is 206 g/mol. The van der Waals surface area contributed by atoms with Crippen molar-refractivity contribution in [2.75, 3.05) is 0 Å². The van der Waals surface area contributed by atoms with Crippen LogP contribution in [0.5, 0.6) is 11.5 Å². The first-order chi connectivity index (χ1) is 7.15. The highest BCUT2D eigenvalue weighted by Gasteiger charge is 2.12. The van der Waals surface area contributed by atoms with E-state index >= 15 is 0 Å². The van der Waals surface area contributed by atoms with Crippen LogP contribution in [-0.2, 0) is 11.2 Å². The van der Waals surface area contributed by atoms with E-state index in [4.69, 9.17) is 0 Å². The molecule has 0 atom stereocenters. The Morgan fingerprint density at radius 2 is 2.20 bits per heavy atom. The average molecular weight is 216 g/mol. The monoisotopic (exact) mass is 216 g/mol. The van der Waals surface area contributed by atoms with Crippen molar-refractivity contribution < 1.29 is 23.4 Å². The third-order valence-electron chi connectivity index (χ3n) is 1.84. The number of carbonyl (C=O) groups is 1. The van der Waals surface area contributed by atoms with Crippen LogP contribution in [0.4, 0.5) is 8.78 Å². The van der Waals surface area contributed by atoms with Crippen LogP contribution in [0.3, 0.4) is 0 Å². The lowest BCUT2D eigenvalue weighted by molar-refractivity contribution is -0.107. The molecule has 0 unspecified atom stereocenters. The van der Waals surface area contributed by atoms with E-state index in [1.807, 2.05) is 0 Å². The molecule has 0 saturated carbocycles. The zero-order valence-electron chi connectivity index (χ0n) is 7.82. The Hall–Kier alpha value is -1.65. The lowest BCUT2D eigenvalue weighted by atomic mass is 10.1. The molecule has 0 bridgehead atoms. The minimum atomic E-state index is -2.94. The van der Waals surface area contributed by atoms with E-state index in [9.17, 15) is 18.7 Å². The van der Waals surface area contributed by atoms with Crippen LogP contribution in [0.1, 0.15) is 12.0 Å². The highest BCUT2D eigenvalue weighted by Crippen LogP contribution is 2.29. The molecule has 1 aromatic rings. The van der Waals surface area contributed by atoms with E-state index in [0.717, 1.165) is 0 Å². The summed E-state index contributed by atoms with van der Waals surface area (Å²) in [6, 6.07) is 4.09. The highest BCUT2D eigenvalue weighted by atomic mass is 19.3. The predicted molar refractivity (Wildman–Crippen MR) is 49.1 cm³/mol. The summed E-state index contributed by atoms with van der Waals surface area (Å²) in [5.41, 5.74) is 0.227. The second-order valence-electron chi connectivity index (χ2n) is 2.84. The smallest absolute Gasteiger partial charge is 0.387 e. The molecule has 0 heterocycles. The van der Waals surface area contributed by atoms with Crippen LogP contribution < -0.4 is 4.74 Å². The van der Waals surface area contributed by atoms with Gasteiger partial charge in [-0.3, -0.25) is 0 Å². The summed E-state index contributed by atoms with van der Waals surface area (Å²) in [4.78, 5) is 10.2. The number of hydrogen-bond acceptors (Lipinski definition) is 3. The van der Waals surface area contributed by atoms with Crippen LogP contribution in [-0.4, -0.2) is 18.0 Å². The van der Waals surface area contributed by atoms with Crippen molar-refractivity contribution in [2.24, 2.45) is 0 Å². The van der Waals surface area contributed by atoms with Gasteiger partial charge in [-0.2, -0.15) is 8.78 Å². The zero-order valence-corrected chi connectivity index (χ0v) is 7.82. The number of carbonyl (C=O) groups excluding carboxylic acids is 1. The number of ether oxygens (including phenoxy) is 1. The second-order valence-corrected chi connectivity index (χ2v) is 2.84. The number of aldehydes is 1. The van der Waals surface area contributed by atoms with Gasteiger partial charge in [0.1, 0.15) is 17.8 Å². The fourth-order valence-corrected chi connectivity index (χ4v) is 1.21. The summed E-state index contributed by atoms with van der Waals surface area (Å²) >= 11 is 0. The van der Waals surface area contributed by atoms with Gasteiger partial charge in [0.05, 0.1) is 0 Å². The summed E-state index contributed by atoms with van der Waals surface area (Å²) in [7, 11) is 0. The topological polar surface area (TPSA) is 46.5 Å². The first-order valence-corrected chi connectivity index (χ1v) is 4.34. The molecule has 0 fully saturated rings. The standard InChI is InChI=1S/C10H10F2O3/c11-10(12)15-9-5-1-4-8(14)7(9)3-2-6-13/h1,4-6,10,14H,2-3H2. The summed E-state index contributed by atoms with van der Waals surface area (Å²) in [6.07, 6.45) is 0.980. The maximum atomic E-state index is 12.0. The molecule has 0 aliphatic heterocycles. The number of aromatic hydroxyl groups is 1. The van der Waals surface area contributed by atoms with E-state index in [0.29, 0.717) is 6.29 Å². The van der Waals surface area contributed by atoms with Crippen molar-refractivity contribution >= 4 is 6.29 Å². The van der Waals surface area contributed by atoms with E-state index < -0.39 is 6.61 Å². The average Bonchev–Trinajstić information content (AvgIpc) is 2.16. The quantitative estimate of drug-likeness (QED) is 0.767. The Morgan fingerprint density at radius 3 is 2.80 bits per heavy atom. The first kappa shape index (κ1) is 11.4. The van der Waals surface area contributed by atoms with Crippen molar-refractivity contribution in [1.29, 1.82) is 0 Å². The van der Waals surface area contributed by atoms with Gasteiger partial charge in [0, 0.05) is 12.0 Å².